The van der Waals surface area contributed by atoms with Crippen LogP contribution in [-0.4, -0.2) is 57.4 Å². The fraction of sp³-hybridized carbons (Fsp3) is 0.417. The van der Waals surface area contributed by atoms with Crippen LogP contribution in [-0.2, 0) is 4.79 Å². The van der Waals surface area contributed by atoms with Crippen LogP contribution in [0.25, 0.3) is 22.3 Å². The number of aromatic amines is 1. The molecule has 2 N–H and O–H groups in total. The molecule has 2 fully saturated rings. The molecule has 1 aliphatic heterocycles. The van der Waals surface area contributed by atoms with E-state index in [0.29, 0.717) is 72.1 Å². The van der Waals surface area contributed by atoms with Gasteiger partial charge in [-0.3, -0.25) is 9.59 Å². The topological polar surface area (TPSA) is 100 Å². The van der Waals surface area contributed by atoms with E-state index in [1.165, 1.54) is 18.5 Å². The van der Waals surface area contributed by atoms with Gasteiger partial charge in [0.2, 0.25) is 5.91 Å². The number of benzene rings is 1. The molecule has 3 heterocycles. The van der Waals surface area contributed by atoms with Crippen LogP contribution in [0, 0.1) is 11.7 Å². The van der Waals surface area contributed by atoms with Crippen LogP contribution in [0.2, 0.25) is 0 Å². The van der Waals surface area contributed by atoms with Crippen LogP contribution in [0.15, 0.2) is 30.7 Å². The number of rotatable bonds is 6. The summed E-state index contributed by atoms with van der Waals surface area (Å²) in [6, 6.07) is 4.37. The Kier molecular flexibility index (Phi) is 5.70. The third kappa shape index (κ3) is 4.53. The fourth-order valence-corrected chi connectivity index (χ4v) is 4.22. The highest BCUT2D eigenvalue weighted by atomic mass is 19.1. The Morgan fingerprint density at radius 3 is 2.73 bits per heavy atom. The maximum absolute atomic E-state index is 14.1. The molecule has 1 aliphatic carbocycles. The molecular formula is C24H26FN5O3. The van der Waals surface area contributed by atoms with Gasteiger partial charge in [0.15, 0.2) is 0 Å². The van der Waals surface area contributed by atoms with Crippen LogP contribution in [0.4, 0.5) is 4.39 Å². The van der Waals surface area contributed by atoms with E-state index >= 15 is 0 Å². The third-order valence-electron chi connectivity index (χ3n) is 6.35. The van der Waals surface area contributed by atoms with Crippen molar-refractivity contribution in [2.45, 2.75) is 38.6 Å². The van der Waals surface area contributed by atoms with Gasteiger partial charge in [-0.1, -0.05) is 0 Å². The molecule has 172 valence electrons. The largest absolute Gasteiger partial charge is 0.493 e. The predicted octanol–water partition coefficient (Wildman–Crippen LogP) is 3.29. The molecule has 33 heavy (non-hydrogen) atoms. The van der Waals surface area contributed by atoms with Gasteiger partial charge in [-0.2, -0.15) is 0 Å². The fourth-order valence-electron chi connectivity index (χ4n) is 4.22. The minimum absolute atomic E-state index is 0.00926. The smallest absolute Gasteiger partial charge is 0.255 e. The zero-order valence-electron chi connectivity index (χ0n) is 18.4. The molecule has 1 saturated carbocycles. The second-order valence-electron chi connectivity index (χ2n) is 8.80. The molecule has 0 bridgehead atoms. The molecule has 0 radical (unpaired) electrons. The normalized spacial score (nSPS) is 16.7. The number of piperidine rings is 1. The predicted molar refractivity (Wildman–Crippen MR) is 120 cm³/mol. The minimum atomic E-state index is -0.392. The number of nitrogens with zero attached hydrogens (tertiary/aromatic N) is 3. The summed E-state index contributed by atoms with van der Waals surface area (Å²) in [5.74, 6) is 0.532. The minimum Gasteiger partial charge on any atom is -0.493 e. The highest BCUT2D eigenvalue weighted by Crippen LogP contribution is 2.36. The number of fused-ring (bicyclic) bond motifs is 1. The maximum Gasteiger partial charge on any atom is 0.255 e. The van der Waals surface area contributed by atoms with E-state index in [4.69, 9.17) is 4.74 Å². The summed E-state index contributed by atoms with van der Waals surface area (Å²) in [5, 5.41) is 3.05. The third-order valence-corrected chi connectivity index (χ3v) is 6.35. The number of carbonyl (C=O) groups excluding carboxylic acids is 2. The zero-order valence-corrected chi connectivity index (χ0v) is 18.4. The van der Waals surface area contributed by atoms with Crippen molar-refractivity contribution in [3.63, 3.8) is 0 Å². The summed E-state index contributed by atoms with van der Waals surface area (Å²) in [6.45, 7) is 3.41. The van der Waals surface area contributed by atoms with Crippen LogP contribution < -0.4 is 10.1 Å². The number of likely N-dealkylation sites (tertiary alicyclic amines) is 1. The first kappa shape index (κ1) is 21.4. The van der Waals surface area contributed by atoms with E-state index in [2.05, 4.69) is 20.3 Å². The van der Waals surface area contributed by atoms with Crippen molar-refractivity contribution in [1.82, 2.24) is 25.2 Å². The number of nitrogens with one attached hydrogen (secondary N) is 2. The van der Waals surface area contributed by atoms with E-state index in [1.807, 2.05) is 0 Å². The summed E-state index contributed by atoms with van der Waals surface area (Å²) < 4.78 is 20.1. The number of halogens is 1. The van der Waals surface area contributed by atoms with Gasteiger partial charge in [0.1, 0.15) is 29.1 Å². The van der Waals surface area contributed by atoms with Crippen molar-refractivity contribution in [3.05, 3.63) is 42.1 Å². The lowest BCUT2D eigenvalue weighted by atomic mass is 10.0. The lowest BCUT2D eigenvalue weighted by molar-refractivity contribution is -0.129. The zero-order chi connectivity index (χ0) is 22.9. The molecule has 1 aromatic carbocycles. The second-order valence-corrected chi connectivity index (χ2v) is 8.80. The van der Waals surface area contributed by atoms with Crippen molar-refractivity contribution in [3.8, 4) is 17.0 Å². The van der Waals surface area contributed by atoms with E-state index in [-0.39, 0.29) is 17.9 Å². The molecule has 9 heteroatoms. The highest BCUT2D eigenvalue weighted by Gasteiger charge is 2.26. The number of carbonyl (C=O) groups is 2. The van der Waals surface area contributed by atoms with Gasteiger partial charge in [0.05, 0.1) is 17.7 Å². The Morgan fingerprint density at radius 2 is 2.00 bits per heavy atom. The summed E-state index contributed by atoms with van der Waals surface area (Å²) in [6.07, 6.45) is 6.70. The average Bonchev–Trinajstić information content (AvgIpc) is 3.54. The number of ether oxygens (including phenoxy) is 1. The van der Waals surface area contributed by atoms with E-state index in [1.54, 1.807) is 24.1 Å². The number of H-pyrrole nitrogens is 1. The van der Waals surface area contributed by atoms with Crippen molar-refractivity contribution in [2.75, 3.05) is 19.7 Å². The summed E-state index contributed by atoms with van der Waals surface area (Å²) in [7, 11) is 0. The molecule has 0 atom stereocenters. The molecule has 3 aromatic rings. The Bertz CT molecular complexity index is 1200. The SMILES string of the molecule is CC(=O)N1CCC(NC(=O)c2c[nH]c3c(-c4cc(F)ccc4OCC4CC4)ncnc23)CC1. The molecule has 2 amide bonds. The van der Waals surface area contributed by atoms with Crippen molar-refractivity contribution < 1.29 is 18.7 Å². The van der Waals surface area contributed by atoms with Crippen LogP contribution in [0.1, 0.15) is 43.0 Å². The molecule has 5 rings (SSSR count). The van der Waals surface area contributed by atoms with E-state index in [0.717, 1.165) is 12.8 Å². The quantitative estimate of drug-likeness (QED) is 0.599. The van der Waals surface area contributed by atoms with Gasteiger partial charge >= 0.3 is 0 Å². The van der Waals surface area contributed by atoms with Gasteiger partial charge < -0.3 is 19.9 Å². The number of aromatic nitrogens is 3. The van der Waals surface area contributed by atoms with Gasteiger partial charge in [-0.05, 0) is 49.8 Å². The van der Waals surface area contributed by atoms with Crippen LogP contribution >= 0.6 is 0 Å². The van der Waals surface area contributed by atoms with Gasteiger partial charge in [0.25, 0.3) is 5.91 Å². The molecule has 1 saturated heterocycles. The second kappa shape index (κ2) is 8.80. The molecule has 2 aliphatic rings. The first-order valence-corrected chi connectivity index (χ1v) is 11.3. The molecule has 0 spiro atoms. The van der Waals surface area contributed by atoms with Crippen LogP contribution in [0.3, 0.4) is 0 Å². The summed E-state index contributed by atoms with van der Waals surface area (Å²) in [4.78, 5) is 38.1. The standard InChI is InChI=1S/C24H26FN5O3/c1-14(31)30-8-6-17(7-9-30)29-24(32)19-11-26-23-21(27-13-28-22(19)23)18-10-16(25)4-5-20(18)33-12-15-2-3-15/h4-5,10-11,13,15,17,26H,2-3,6-9,12H2,1H3,(H,29,32). The van der Waals surface area contributed by atoms with E-state index in [9.17, 15) is 14.0 Å². The van der Waals surface area contributed by atoms with Gasteiger partial charge in [-0.25, -0.2) is 14.4 Å². The molecule has 2 aromatic heterocycles. The van der Waals surface area contributed by atoms with Crippen molar-refractivity contribution in [2.24, 2.45) is 5.92 Å². The Hall–Kier alpha value is -3.49. The Balaban J connectivity index is 1.39. The summed E-state index contributed by atoms with van der Waals surface area (Å²) >= 11 is 0. The molecular weight excluding hydrogens is 425 g/mol. The first-order chi connectivity index (χ1) is 16.0. The number of amides is 2. The molecule has 8 nitrogen and oxygen atoms in total. The van der Waals surface area contributed by atoms with Crippen LogP contribution in [0.5, 0.6) is 5.75 Å². The Labute approximate surface area is 190 Å². The van der Waals surface area contributed by atoms with Gasteiger partial charge in [0, 0.05) is 37.8 Å². The monoisotopic (exact) mass is 451 g/mol. The Morgan fingerprint density at radius 1 is 1.21 bits per heavy atom. The number of hydrogen-bond donors (Lipinski definition) is 2. The van der Waals surface area contributed by atoms with Gasteiger partial charge in [-0.15, -0.1) is 0 Å². The first-order valence-electron chi connectivity index (χ1n) is 11.3. The summed E-state index contributed by atoms with van der Waals surface area (Å²) in [5.41, 5.74) is 2.43. The number of hydrogen-bond acceptors (Lipinski definition) is 5. The maximum atomic E-state index is 14.1. The van der Waals surface area contributed by atoms with E-state index < -0.39 is 5.82 Å². The average molecular weight is 452 g/mol. The lowest BCUT2D eigenvalue weighted by Gasteiger charge is -2.31. The lowest BCUT2D eigenvalue weighted by Crippen LogP contribution is -2.45. The molecule has 0 unspecified atom stereocenters. The van der Waals surface area contributed by atoms with Crippen molar-refractivity contribution >= 4 is 22.8 Å². The van der Waals surface area contributed by atoms with Crippen molar-refractivity contribution in [1.29, 1.82) is 0 Å². The highest BCUT2D eigenvalue weighted by molar-refractivity contribution is 6.07.